The molecule has 128 valence electrons. The number of morpholine rings is 1. The number of nitrogens with zero attached hydrogens (tertiary/aromatic N) is 3. The summed E-state index contributed by atoms with van der Waals surface area (Å²) >= 11 is 6.39. The molecule has 23 heavy (non-hydrogen) atoms. The smallest absolute Gasteiger partial charge is 0.246 e. The predicted octanol–water partition coefficient (Wildman–Crippen LogP) is 3.15. The summed E-state index contributed by atoms with van der Waals surface area (Å²) in [6.07, 6.45) is 3.49. The zero-order chi connectivity index (χ0) is 17.1. The lowest BCUT2D eigenvalue weighted by atomic mass is 10.2. The topological polar surface area (TPSA) is 47.4 Å². The van der Waals surface area contributed by atoms with Gasteiger partial charge in [0.25, 0.3) is 0 Å². The van der Waals surface area contributed by atoms with E-state index in [-0.39, 0.29) is 18.1 Å². The minimum Gasteiger partial charge on any atom is -0.372 e. The number of amides is 1. The molecule has 1 aliphatic heterocycles. The van der Waals surface area contributed by atoms with Crippen LogP contribution in [0.3, 0.4) is 0 Å². The highest BCUT2D eigenvalue weighted by Gasteiger charge is 2.24. The fraction of sp³-hybridized carbons (Fsp3) is 0.647. The zero-order valence-electron chi connectivity index (χ0n) is 14.5. The second kappa shape index (κ2) is 7.49. The lowest BCUT2D eigenvalue weighted by Gasteiger charge is -2.34. The van der Waals surface area contributed by atoms with Crippen LogP contribution in [0, 0.1) is 12.8 Å². The molecule has 0 aromatic carbocycles. The number of aromatic nitrogens is 2. The standard InChI is InChI=1S/C17H26ClN3O2/c1-11(2)8-21-17(18)15(14(5)19-21)6-7-16(22)20-9-12(3)23-13(4)10-20/h6-7,11-13H,8-10H2,1-5H3/b7-6+/t12-,13-/m1/s1. The maximum atomic E-state index is 12.4. The third-order valence-corrected chi connectivity index (χ3v) is 4.17. The highest BCUT2D eigenvalue weighted by molar-refractivity contribution is 6.31. The Balaban J connectivity index is 2.10. The van der Waals surface area contributed by atoms with E-state index in [1.165, 1.54) is 0 Å². The summed E-state index contributed by atoms with van der Waals surface area (Å²) in [7, 11) is 0. The maximum absolute atomic E-state index is 12.4. The van der Waals surface area contributed by atoms with Gasteiger partial charge < -0.3 is 9.64 Å². The van der Waals surface area contributed by atoms with E-state index in [4.69, 9.17) is 16.3 Å². The Morgan fingerprint density at radius 3 is 2.57 bits per heavy atom. The fourth-order valence-electron chi connectivity index (χ4n) is 2.84. The van der Waals surface area contributed by atoms with Crippen LogP contribution < -0.4 is 0 Å². The second-order valence-electron chi connectivity index (χ2n) is 6.70. The molecule has 6 heteroatoms. The second-order valence-corrected chi connectivity index (χ2v) is 7.06. The van der Waals surface area contributed by atoms with Gasteiger partial charge in [-0.15, -0.1) is 0 Å². The molecule has 2 rings (SSSR count). The number of rotatable bonds is 4. The lowest BCUT2D eigenvalue weighted by molar-refractivity contribution is -0.137. The van der Waals surface area contributed by atoms with Gasteiger partial charge in [0.1, 0.15) is 5.15 Å². The van der Waals surface area contributed by atoms with Crippen molar-refractivity contribution in [3.05, 3.63) is 22.5 Å². The average molecular weight is 340 g/mol. The van der Waals surface area contributed by atoms with Gasteiger partial charge in [0.05, 0.1) is 17.9 Å². The Hall–Kier alpha value is -1.33. The van der Waals surface area contributed by atoms with Crippen LogP contribution in [0.2, 0.25) is 5.15 Å². The number of carbonyl (C=O) groups is 1. The number of hydrogen-bond acceptors (Lipinski definition) is 3. The van der Waals surface area contributed by atoms with Crippen molar-refractivity contribution >= 4 is 23.6 Å². The average Bonchev–Trinajstić information content (AvgIpc) is 2.69. The first-order valence-electron chi connectivity index (χ1n) is 8.13. The van der Waals surface area contributed by atoms with Crippen molar-refractivity contribution in [1.29, 1.82) is 0 Å². The molecule has 1 saturated heterocycles. The van der Waals surface area contributed by atoms with Crippen molar-refractivity contribution in [2.45, 2.75) is 53.4 Å². The lowest BCUT2D eigenvalue weighted by Crippen LogP contribution is -2.47. The first-order valence-corrected chi connectivity index (χ1v) is 8.51. The van der Waals surface area contributed by atoms with Crippen LogP contribution in [0.25, 0.3) is 6.08 Å². The first kappa shape index (κ1) is 18.0. The van der Waals surface area contributed by atoms with Crippen molar-refractivity contribution in [2.24, 2.45) is 5.92 Å². The molecule has 5 nitrogen and oxygen atoms in total. The Morgan fingerprint density at radius 1 is 1.39 bits per heavy atom. The van der Waals surface area contributed by atoms with Gasteiger partial charge in [0.2, 0.25) is 5.91 Å². The SMILES string of the molecule is Cc1nn(CC(C)C)c(Cl)c1/C=C/C(=O)N1C[C@@H](C)O[C@H](C)C1. The maximum Gasteiger partial charge on any atom is 0.246 e. The van der Waals surface area contributed by atoms with E-state index in [9.17, 15) is 4.79 Å². The van der Waals surface area contributed by atoms with Crippen LogP contribution in [0.1, 0.15) is 39.0 Å². The van der Waals surface area contributed by atoms with E-state index < -0.39 is 0 Å². The van der Waals surface area contributed by atoms with Crippen molar-refractivity contribution in [2.75, 3.05) is 13.1 Å². The number of aryl methyl sites for hydroxylation is 1. The first-order chi connectivity index (χ1) is 10.8. The molecule has 1 aromatic rings. The van der Waals surface area contributed by atoms with Gasteiger partial charge in [0, 0.05) is 31.3 Å². The molecule has 0 N–H and O–H groups in total. The molecule has 0 radical (unpaired) electrons. The van der Waals surface area contributed by atoms with Crippen molar-refractivity contribution in [3.63, 3.8) is 0 Å². The van der Waals surface area contributed by atoms with Gasteiger partial charge in [-0.05, 0) is 32.8 Å². The molecule has 1 aliphatic rings. The van der Waals surface area contributed by atoms with Gasteiger partial charge in [0.15, 0.2) is 0 Å². The number of halogens is 1. The van der Waals surface area contributed by atoms with Crippen molar-refractivity contribution in [1.82, 2.24) is 14.7 Å². The molecule has 0 spiro atoms. The summed E-state index contributed by atoms with van der Waals surface area (Å²) in [6.45, 7) is 12.1. The van der Waals surface area contributed by atoms with E-state index in [1.54, 1.807) is 16.8 Å². The van der Waals surface area contributed by atoms with Crippen LogP contribution >= 0.6 is 11.6 Å². The Labute approximate surface area is 143 Å². The molecule has 0 bridgehead atoms. The Morgan fingerprint density at radius 2 is 2.00 bits per heavy atom. The van der Waals surface area contributed by atoms with Crippen LogP contribution in [-0.4, -0.2) is 45.9 Å². The summed E-state index contributed by atoms with van der Waals surface area (Å²) in [4.78, 5) is 14.2. The number of hydrogen-bond donors (Lipinski definition) is 0. The Bertz CT molecular complexity index is 585. The van der Waals surface area contributed by atoms with Gasteiger partial charge >= 0.3 is 0 Å². The fourth-order valence-corrected chi connectivity index (χ4v) is 3.15. The molecule has 1 fully saturated rings. The third-order valence-electron chi connectivity index (χ3n) is 3.77. The van der Waals surface area contributed by atoms with E-state index >= 15 is 0 Å². The molecular formula is C17H26ClN3O2. The van der Waals surface area contributed by atoms with Crippen molar-refractivity contribution < 1.29 is 9.53 Å². The van der Waals surface area contributed by atoms with E-state index in [0.29, 0.717) is 24.2 Å². The van der Waals surface area contributed by atoms with Crippen LogP contribution in [0.5, 0.6) is 0 Å². The monoisotopic (exact) mass is 339 g/mol. The van der Waals surface area contributed by atoms with E-state index in [1.807, 2.05) is 25.7 Å². The minimum atomic E-state index is -0.0147. The summed E-state index contributed by atoms with van der Waals surface area (Å²) < 4.78 is 7.45. The highest BCUT2D eigenvalue weighted by atomic mass is 35.5. The van der Waals surface area contributed by atoms with Crippen molar-refractivity contribution in [3.8, 4) is 0 Å². The normalized spacial score (nSPS) is 22.3. The van der Waals surface area contributed by atoms with Crippen LogP contribution in [-0.2, 0) is 16.1 Å². The molecule has 0 aliphatic carbocycles. The van der Waals surface area contributed by atoms with E-state index in [0.717, 1.165) is 17.8 Å². The summed E-state index contributed by atoms with van der Waals surface area (Å²) in [5, 5.41) is 5.04. The van der Waals surface area contributed by atoms with Gasteiger partial charge in [-0.2, -0.15) is 5.10 Å². The predicted molar refractivity (Wildman–Crippen MR) is 92.4 cm³/mol. The highest BCUT2D eigenvalue weighted by Crippen LogP contribution is 2.22. The summed E-state index contributed by atoms with van der Waals surface area (Å²) in [6, 6.07) is 0. The number of carbonyl (C=O) groups excluding carboxylic acids is 1. The molecule has 2 atom stereocenters. The van der Waals surface area contributed by atoms with Gasteiger partial charge in [-0.3, -0.25) is 9.48 Å². The van der Waals surface area contributed by atoms with E-state index in [2.05, 4.69) is 18.9 Å². The van der Waals surface area contributed by atoms with Gasteiger partial charge in [-0.1, -0.05) is 25.4 Å². The Kier molecular flexibility index (Phi) is 5.87. The summed E-state index contributed by atoms with van der Waals surface area (Å²) in [5.74, 6) is 0.445. The molecule has 0 saturated carbocycles. The third kappa shape index (κ3) is 4.58. The van der Waals surface area contributed by atoms with Crippen LogP contribution in [0.4, 0.5) is 0 Å². The quantitative estimate of drug-likeness (QED) is 0.792. The molecule has 1 amide bonds. The van der Waals surface area contributed by atoms with Crippen LogP contribution in [0.15, 0.2) is 6.08 Å². The van der Waals surface area contributed by atoms with Gasteiger partial charge in [-0.25, -0.2) is 0 Å². The molecule has 1 aromatic heterocycles. The molecule has 2 heterocycles. The molecule has 0 unspecified atom stereocenters. The summed E-state index contributed by atoms with van der Waals surface area (Å²) in [5.41, 5.74) is 1.65. The number of ether oxygens (including phenoxy) is 1. The zero-order valence-corrected chi connectivity index (χ0v) is 15.3. The molecular weight excluding hydrogens is 314 g/mol. The minimum absolute atomic E-state index is 0.0147. The largest absolute Gasteiger partial charge is 0.372 e.